The van der Waals surface area contributed by atoms with Gasteiger partial charge in [-0.3, -0.25) is 9.59 Å². The number of rotatable bonds is 6. The molecule has 20 heavy (non-hydrogen) atoms. The molecule has 0 heterocycles. The van der Waals surface area contributed by atoms with Gasteiger partial charge in [0.05, 0.1) is 21.3 Å². The second kappa shape index (κ2) is 7.99. The van der Waals surface area contributed by atoms with Crippen molar-refractivity contribution in [3.63, 3.8) is 0 Å². The Bertz CT molecular complexity index is 460. The summed E-state index contributed by atoms with van der Waals surface area (Å²) >= 11 is 0. The molecule has 0 bridgehead atoms. The number of carbonyl (C=O) groups is 2. The highest BCUT2D eigenvalue weighted by molar-refractivity contribution is 5.95. The largest absolute Gasteiger partial charge is 0.497 e. The minimum Gasteiger partial charge on any atom is -0.497 e. The van der Waals surface area contributed by atoms with E-state index in [-0.39, 0.29) is 6.42 Å². The summed E-state index contributed by atoms with van der Waals surface area (Å²) in [6.45, 7) is 0. The van der Waals surface area contributed by atoms with E-state index >= 15 is 0 Å². The van der Waals surface area contributed by atoms with E-state index in [4.69, 9.17) is 4.74 Å². The number of esters is 2. The predicted octanol–water partition coefficient (Wildman–Crippen LogP) is 2.06. The van der Waals surface area contributed by atoms with Crippen LogP contribution in [0.15, 0.2) is 30.3 Å². The molecular weight excluding hydrogens is 260 g/mol. The molecule has 0 amide bonds. The van der Waals surface area contributed by atoms with Crippen LogP contribution >= 0.6 is 0 Å². The van der Waals surface area contributed by atoms with Gasteiger partial charge < -0.3 is 14.2 Å². The number of benzene rings is 1. The van der Waals surface area contributed by atoms with Crippen molar-refractivity contribution in [1.82, 2.24) is 0 Å². The van der Waals surface area contributed by atoms with Gasteiger partial charge in [-0.15, -0.1) is 0 Å². The van der Waals surface area contributed by atoms with E-state index in [9.17, 15) is 9.59 Å². The Kier molecular flexibility index (Phi) is 6.29. The zero-order valence-electron chi connectivity index (χ0n) is 11.8. The van der Waals surface area contributed by atoms with Crippen LogP contribution in [0.2, 0.25) is 0 Å². The summed E-state index contributed by atoms with van der Waals surface area (Å²) in [5.41, 5.74) is 0.944. The van der Waals surface area contributed by atoms with E-state index in [1.54, 1.807) is 13.2 Å². The molecule has 0 saturated carbocycles. The minimum absolute atomic E-state index is 0.228. The molecule has 0 saturated heterocycles. The number of ether oxygens (including phenoxy) is 3. The van der Waals surface area contributed by atoms with Crippen molar-refractivity contribution >= 4 is 18.0 Å². The molecule has 1 rings (SSSR count). The maximum absolute atomic E-state index is 11.5. The smallest absolute Gasteiger partial charge is 0.320 e. The molecular formula is C15H18O5. The average molecular weight is 278 g/mol. The van der Waals surface area contributed by atoms with Crippen LogP contribution < -0.4 is 4.74 Å². The third kappa shape index (κ3) is 4.42. The van der Waals surface area contributed by atoms with Gasteiger partial charge in [0.1, 0.15) is 5.75 Å². The fourth-order valence-electron chi connectivity index (χ4n) is 1.63. The van der Waals surface area contributed by atoms with Gasteiger partial charge in [0.2, 0.25) is 0 Å². The molecule has 108 valence electrons. The van der Waals surface area contributed by atoms with Crippen LogP contribution in [0.25, 0.3) is 6.08 Å². The lowest BCUT2D eigenvalue weighted by atomic mass is 10.0. The van der Waals surface area contributed by atoms with E-state index in [0.29, 0.717) is 0 Å². The molecule has 0 unspecified atom stereocenters. The molecule has 0 radical (unpaired) electrons. The molecule has 0 aromatic heterocycles. The first-order valence-electron chi connectivity index (χ1n) is 6.08. The molecule has 0 fully saturated rings. The molecule has 5 nitrogen and oxygen atoms in total. The summed E-state index contributed by atoms with van der Waals surface area (Å²) in [6.07, 6.45) is 3.78. The highest BCUT2D eigenvalue weighted by atomic mass is 16.5. The van der Waals surface area contributed by atoms with Crippen molar-refractivity contribution in [2.24, 2.45) is 5.92 Å². The Morgan fingerprint density at radius 2 is 1.60 bits per heavy atom. The zero-order valence-corrected chi connectivity index (χ0v) is 11.8. The van der Waals surface area contributed by atoms with Crippen LogP contribution in [0.4, 0.5) is 0 Å². The summed E-state index contributed by atoms with van der Waals surface area (Å²) in [5, 5.41) is 0. The van der Waals surface area contributed by atoms with Gasteiger partial charge >= 0.3 is 11.9 Å². The predicted molar refractivity (Wildman–Crippen MR) is 74.2 cm³/mol. The SMILES string of the molecule is COC(=O)C(C/C=C/c1ccc(OC)cc1)C(=O)OC. The van der Waals surface area contributed by atoms with Crippen LogP contribution in [0.1, 0.15) is 12.0 Å². The second-order valence-corrected chi connectivity index (χ2v) is 4.01. The van der Waals surface area contributed by atoms with Crippen LogP contribution in [-0.4, -0.2) is 33.3 Å². The van der Waals surface area contributed by atoms with Crippen molar-refractivity contribution in [1.29, 1.82) is 0 Å². The quantitative estimate of drug-likeness (QED) is 0.589. The van der Waals surface area contributed by atoms with Gasteiger partial charge in [0, 0.05) is 0 Å². The lowest BCUT2D eigenvalue weighted by Gasteiger charge is -2.09. The first-order valence-corrected chi connectivity index (χ1v) is 6.08. The first kappa shape index (κ1) is 15.8. The van der Waals surface area contributed by atoms with Gasteiger partial charge in [-0.2, -0.15) is 0 Å². The van der Waals surface area contributed by atoms with Crippen LogP contribution in [0, 0.1) is 5.92 Å². The van der Waals surface area contributed by atoms with Gasteiger partial charge in [-0.25, -0.2) is 0 Å². The second-order valence-electron chi connectivity index (χ2n) is 4.01. The molecule has 0 atom stereocenters. The molecule has 1 aromatic rings. The molecule has 5 heteroatoms. The summed E-state index contributed by atoms with van der Waals surface area (Å²) in [7, 11) is 4.08. The Labute approximate surface area is 118 Å². The van der Waals surface area contributed by atoms with E-state index in [0.717, 1.165) is 11.3 Å². The zero-order chi connectivity index (χ0) is 15.0. The maximum atomic E-state index is 11.5. The Morgan fingerprint density at radius 1 is 1.05 bits per heavy atom. The van der Waals surface area contributed by atoms with Crippen molar-refractivity contribution in [3.8, 4) is 5.75 Å². The molecule has 0 aliphatic rings. The summed E-state index contributed by atoms with van der Waals surface area (Å²) in [4.78, 5) is 22.9. The van der Waals surface area contributed by atoms with Crippen molar-refractivity contribution in [3.05, 3.63) is 35.9 Å². The van der Waals surface area contributed by atoms with E-state index in [1.165, 1.54) is 14.2 Å². The highest BCUT2D eigenvalue weighted by Gasteiger charge is 2.26. The number of allylic oxidation sites excluding steroid dienone is 1. The van der Waals surface area contributed by atoms with Gasteiger partial charge in [-0.1, -0.05) is 24.3 Å². The normalized spacial score (nSPS) is 10.6. The average Bonchev–Trinajstić information content (AvgIpc) is 2.50. The van der Waals surface area contributed by atoms with Crippen LogP contribution in [0.3, 0.4) is 0 Å². The van der Waals surface area contributed by atoms with E-state index in [1.807, 2.05) is 30.3 Å². The molecule has 0 aliphatic carbocycles. The lowest BCUT2D eigenvalue weighted by Crippen LogP contribution is -2.25. The number of hydrogen-bond donors (Lipinski definition) is 0. The highest BCUT2D eigenvalue weighted by Crippen LogP contribution is 2.14. The molecule has 0 N–H and O–H groups in total. The number of methoxy groups -OCH3 is 3. The van der Waals surface area contributed by atoms with Crippen molar-refractivity contribution in [2.45, 2.75) is 6.42 Å². The molecule has 1 aromatic carbocycles. The first-order chi connectivity index (χ1) is 9.62. The Morgan fingerprint density at radius 3 is 2.05 bits per heavy atom. The number of carbonyl (C=O) groups excluding carboxylic acids is 2. The summed E-state index contributed by atoms with van der Waals surface area (Å²) in [6, 6.07) is 7.41. The fraction of sp³-hybridized carbons (Fsp3) is 0.333. The van der Waals surface area contributed by atoms with Crippen LogP contribution in [-0.2, 0) is 19.1 Å². The monoisotopic (exact) mass is 278 g/mol. The third-order valence-corrected chi connectivity index (χ3v) is 2.77. The standard InChI is InChI=1S/C15H18O5/c1-18-12-9-7-11(8-10-12)5-4-6-13(14(16)19-2)15(17)20-3/h4-5,7-10,13H,6H2,1-3H3/b5-4+. The minimum atomic E-state index is -0.931. The number of hydrogen-bond acceptors (Lipinski definition) is 5. The van der Waals surface area contributed by atoms with E-state index < -0.39 is 17.9 Å². The lowest BCUT2D eigenvalue weighted by molar-refractivity contribution is -0.158. The van der Waals surface area contributed by atoms with Gasteiger partial charge in [0.15, 0.2) is 5.92 Å². The van der Waals surface area contributed by atoms with Gasteiger partial charge in [-0.05, 0) is 24.1 Å². The molecule has 0 aliphatic heterocycles. The van der Waals surface area contributed by atoms with Gasteiger partial charge in [0.25, 0.3) is 0 Å². The van der Waals surface area contributed by atoms with Crippen molar-refractivity contribution < 1.29 is 23.8 Å². The summed E-state index contributed by atoms with van der Waals surface area (Å²) < 4.78 is 14.2. The maximum Gasteiger partial charge on any atom is 0.320 e. The van der Waals surface area contributed by atoms with Crippen molar-refractivity contribution in [2.75, 3.05) is 21.3 Å². The third-order valence-electron chi connectivity index (χ3n) is 2.77. The molecule has 0 spiro atoms. The summed E-state index contributed by atoms with van der Waals surface area (Å²) in [5.74, 6) is -1.36. The van der Waals surface area contributed by atoms with Crippen LogP contribution in [0.5, 0.6) is 5.75 Å². The van der Waals surface area contributed by atoms with E-state index in [2.05, 4.69) is 9.47 Å². The topological polar surface area (TPSA) is 61.8 Å². The Balaban J connectivity index is 2.68. The fourth-order valence-corrected chi connectivity index (χ4v) is 1.63. The Hall–Kier alpha value is -2.30.